The van der Waals surface area contributed by atoms with Crippen molar-refractivity contribution in [2.45, 2.75) is 0 Å². The van der Waals surface area contributed by atoms with Crippen LogP contribution in [0.2, 0.25) is 0 Å². The van der Waals surface area contributed by atoms with Gasteiger partial charge in [0.05, 0.1) is 16.2 Å². The number of carboxylic acid groups (broad SMARTS) is 1. The molecule has 1 aromatic carbocycles. The third-order valence-electron chi connectivity index (χ3n) is 2.54. The molecule has 2 rings (SSSR count). The number of carbonyl (C=O) groups is 2. The summed E-state index contributed by atoms with van der Waals surface area (Å²) in [7, 11) is 0. The van der Waals surface area contributed by atoms with Gasteiger partial charge in [0.2, 0.25) is 0 Å². The Kier molecular flexibility index (Phi) is 3.47. The van der Waals surface area contributed by atoms with Gasteiger partial charge in [-0.1, -0.05) is 0 Å². The van der Waals surface area contributed by atoms with Crippen molar-refractivity contribution in [1.82, 2.24) is 4.98 Å². The summed E-state index contributed by atoms with van der Waals surface area (Å²) in [6, 6.07) is 6.33. The van der Waals surface area contributed by atoms with E-state index in [4.69, 9.17) is 5.11 Å². The average Bonchev–Trinajstić information content (AvgIpc) is 2.92. The van der Waals surface area contributed by atoms with Crippen LogP contribution in [0.5, 0.6) is 0 Å². The lowest BCUT2D eigenvalue weighted by Gasteiger charge is -2.07. The second-order valence-corrected chi connectivity index (χ2v) is 3.83. The molecule has 20 heavy (non-hydrogen) atoms. The Bertz CT molecular complexity index is 678. The summed E-state index contributed by atoms with van der Waals surface area (Å²) in [6.07, 6.45) is 1.54. The van der Waals surface area contributed by atoms with Crippen LogP contribution in [0, 0.1) is 10.1 Å². The van der Waals surface area contributed by atoms with Gasteiger partial charge >= 0.3 is 5.97 Å². The largest absolute Gasteiger partial charge is 0.478 e. The number of nitrogens with zero attached hydrogens (tertiary/aromatic N) is 1. The monoisotopic (exact) mass is 275 g/mol. The molecular formula is C12H9N3O5. The molecule has 0 aliphatic rings. The minimum Gasteiger partial charge on any atom is -0.478 e. The van der Waals surface area contributed by atoms with Gasteiger partial charge in [-0.15, -0.1) is 0 Å². The molecular weight excluding hydrogens is 266 g/mol. The number of aromatic amines is 1. The van der Waals surface area contributed by atoms with Gasteiger partial charge in [0, 0.05) is 18.3 Å². The highest BCUT2D eigenvalue weighted by molar-refractivity contribution is 6.07. The number of nitro groups is 1. The van der Waals surface area contributed by atoms with Crippen LogP contribution in [0.15, 0.2) is 36.5 Å². The van der Waals surface area contributed by atoms with Crippen molar-refractivity contribution in [1.29, 1.82) is 0 Å². The zero-order chi connectivity index (χ0) is 14.7. The van der Waals surface area contributed by atoms with Crippen LogP contribution in [-0.4, -0.2) is 26.9 Å². The van der Waals surface area contributed by atoms with Crippen LogP contribution in [0.3, 0.4) is 0 Å². The van der Waals surface area contributed by atoms with E-state index in [1.165, 1.54) is 12.1 Å². The van der Waals surface area contributed by atoms with Gasteiger partial charge in [-0.2, -0.15) is 0 Å². The zero-order valence-corrected chi connectivity index (χ0v) is 9.99. The molecule has 1 heterocycles. The van der Waals surface area contributed by atoms with E-state index in [-0.39, 0.29) is 22.6 Å². The lowest BCUT2D eigenvalue weighted by Crippen LogP contribution is -2.15. The van der Waals surface area contributed by atoms with Crippen molar-refractivity contribution in [2.24, 2.45) is 0 Å². The predicted octanol–water partition coefficient (Wildman–Crippen LogP) is 1.87. The maximum Gasteiger partial charge on any atom is 0.338 e. The van der Waals surface area contributed by atoms with Gasteiger partial charge < -0.3 is 15.4 Å². The third-order valence-corrected chi connectivity index (χ3v) is 2.54. The van der Waals surface area contributed by atoms with Crippen molar-refractivity contribution < 1.29 is 19.6 Å². The van der Waals surface area contributed by atoms with Crippen LogP contribution in [0.1, 0.15) is 20.8 Å². The van der Waals surface area contributed by atoms with Crippen LogP contribution >= 0.6 is 0 Å². The van der Waals surface area contributed by atoms with E-state index in [9.17, 15) is 19.7 Å². The van der Waals surface area contributed by atoms with E-state index in [0.717, 1.165) is 12.1 Å². The number of carbonyl (C=O) groups excluding carboxylic acids is 1. The molecule has 0 fully saturated rings. The summed E-state index contributed by atoms with van der Waals surface area (Å²) in [6.45, 7) is 0. The number of anilines is 1. The standard InChI is InChI=1S/C12H9N3O5/c16-11(10-2-1-5-13-10)14-9-4-3-7(15(19)20)6-8(9)12(17)18/h1-6,13H,(H,14,16)(H,17,18). The van der Waals surface area contributed by atoms with Crippen LogP contribution in [0.25, 0.3) is 0 Å². The second-order valence-electron chi connectivity index (χ2n) is 3.83. The van der Waals surface area contributed by atoms with Crippen LogP contribution in [0.4, 0.5) is 11.4 Å². The molecule has 0 aliphatic carbocycles. The van der Waals surface area contributed by atoms with Crippen molar-refractivity contribution in [3.05, 3.63) is 57.9 Å². The summed E-state index contributed by atoms with van der Waals surface area (Å²) < 4.78 is 0. The fourth-order valence-electron chi connectivity index (χ4n) is 1.59. The zero-order valence-electron chi connectivity index (χ0n) is 9.99. The topological polar surface area (TPSA) is 125 Å². The summed E-state index contributed by atoms with van der Waals surface area (Å²) in [5.74, 6) is -1.90. The summed E-state index contributed by atoms with van der Waals surface area (Å²) in [5, 5.41) is 22.0. The molecule has 8 heteroatoms. The summed E-state index contributed by atoms with van der Waals surface area (Å²) in [4.78, 5) is 35.5. The SMILES string of the molecule is O=C(Nc1ccc([N+](=O)[O-])cc1C(=O)O)c1ccc[nH]1. The van der Waals surface area contributed by atoms with Crippen molar-refractivity contribution in [3.8, 4) is 0 Å². The number of carboxylic acids is 1. The molecule has 0 saturated carbocycles. The Morgan fingerprint density at radius 2 is 2.05 bits per heavy atom. The molecule has 0 atom stereocenters. The van der Waals surface area contributed by atoms with Gasteiger partial charge in [0.25, 0.3) is 11.6 Å². The Morgan fingerprint density at radius 3 is 2.60 bits per heavy atom. The first-order valence-corrected chi connectivity index (χ1v) is 5.45. The van der Waals surface area contributed by atoms with Crippen LogP contribution < -0.4 is 5.32 Å². The Labute approximate surface area is 112 Å². The van der Waals surface area contributed by atoms with Gasteiger partial charge in [-0.25, -0.2) is 4.79 Å². The van der Waals surface area contributed by atoms with E-state index >= 15 is 0 Å². The van der Waals surface area contributed by atoms with Gasteiger partial charge in [-0.05, 0) is 18.2 Å². The van der Waals surface area contributed by atoms with E-state index in [1.807, 2.05) is 0 Å². The lowest BCUT2D eigenvalue weighted by molar-refractivity contribution is -0.384. The first-order valence-electron chi connectivity index (χ1n) is 5.45. The number of aromatic nitrogens is 1. The second kappa shape index (κ2) is 5.22. The lowest BCUT2D eigenvalue weighted by atomic mass is 10.1. The van der Waals surface area contributed by atoms with E-state index in [1.54, 1.807) is 12.3 Å². The minimum absolute atomic E-state index is 0.0114. The van der Waals surface area contributed by atoms with Gasteiger partial charge in [0.15, 0.2) is 0 Å². The maximum absolute atomic E-state index is 11.8. The van der Waals surface area contributed by atoms with E-state index < -0.39 is 16.8 Å². The molecule has 3 N–H and O–H groups in total. The van der Waals surface area contributed by atoms with Crippen molar-refractivity contribution in [2.75, 3.05) is 5.32 Å². The molecule has 0 saturated heterocycles. The van der Waals surface area contributed by atoms with Gasteiger partial charge in [-0.3, -0.25) is 14.9 Å². The molecule has 1 aromatic heterocycles. The Hall–Kier alpha value is -3.16. The maximum atomic E-state index is 11.8. The molecule has 0 radical (unpaired) electrons. The number of hydrogen-bond acceptors (Lipinski definition) is 4. The molecule has 2 aromatic rings. The Balaban J connectivity index is 2.34. The molecule has 0 aliphatic heterocycles. The number of nitro benzene ring substituents is 1. The summed E-state index contributed by atoms with van der Waals surface area (Å²) >= 11 is 0. The molecule has 0 unspecified atom stereocenters. The predicted molar refractivity (Wildman–Crippen MR) is 68.8 cm³/mol. The quantitative estimate of drug-likeness (QED) is 0.580. The number of hydrogen-bond donors (Lipinski definition) is 3. The minimum atomic E-state index is -1.37. The van der Waals surface area contributed by atoms with Gasteiger partial charge in [0.1, 0.15) is 5.69 Å². The molecule has 1 amide bonds. The molecule has 0 spiro atoms. The number of non-ortho nitro benzene ring substituents is 1. The number of H-pyrrole nitrogens is 1. The Morgan fingerprint density at radius 1 is 1.30 bits per heavy atom. The van der Waals surface area contributed by atoms with E-state index in [2.05, 4.69) is 10.3 Å². The first-order chi connectivity index (χ1) is 9.49. The highest BCUT2D eigenvalue weighted by atomic mass is 16.6. The normalized spacial score (nSPS) is 10.0. The highest BCUT2D eigenvalue weighted by Crippen LogP contribution is 2.22. The van der Waals surface area contributed by atoms with Crippen molar-refractivity contribution >= 4 is 23.3 Å². The smallest absolute Gasteiger partial charge is 0.338 e. The molecule has 102 valence electrons. The highest BCUT2D eigenvalue weighted by Gasteiger charge is 2.18. The molecule has 0 bridgehead atoms. The fraction of sp³-hybridized carbons (Fsp3) is 0. The summed E-state index contributed by atoms with van der Waals surface area (Å²) in [5.41, 5.74) is -0.471. The fourth-order valence-corrected chi connectivity index (χ4v) is 1.59. The third kappa shape index (κ3) is 2.64. The number of amides is 1. The van der Waals surface area contributed by atoms with E-state index in [0.29, 0.717) is 0 Å². The number of benzene rings is 1. The van der Waals surface area contributed by atoms with Crippen molar-refractivity contribution in [3.63, 3.8) is 0 Å². The number of aromatic carboxylic acids is 1. The number of nitrogens with one attached hydrogen (secondary N) is 2. The van der Waals surface area contributed by atoms with Crippen LogP contribution in [-0.2, 0) is 0 Å². The first kappa shape index (κ1) is 13.3. The average molecular weight is 275 g/mol. The molecule has 8 nitrogen and oxygen atoms in total. The number of rotatable bonds is 4.